The normalized spacial score (nSPS) is 10.5. The van der Waals surface area contributed by atoms with E-state index in [1.54, 1.807) is 0 Å². The number of benzene rings is 2. The highest BCUT2D eigenvalue weighted by atomic mass is 35.5. The first kappa shape index (κ1) is 16.9. The number of rotatable bonds is 4. The Hall–Kier alpha value is -2.92. The fourth-order valence-corrected chi connectivity index (χ4v) is 2.95. The Morgan fingerprint density at radius 3 is 2.52 bits per heavy atom. The number of carbonyl (C=O) groups is 1. The molecule has 1 aromatic heterocycles. The topological polar surface area (TPSA) is 78.1 Å². The summed E-state index contributed by atoms with van der Waals surface area (Å²) in [7, 11) is 1.44. The van der Waals surface area contributed by atoms with E-state index in [9.17, 15) is 4.79 Å². The molecular formula is C19H16ClN3O2. The molecule has 126 valence electrons. The van der Waals surface area contributed by atoms with E-state index in [2.05, 4.69) is 9.97 Å². The highest BCUT2D eigenvalue weighted by Gasteiger charge is 2.15. The molecule has 0 spiro atoms. The van der Waals surface area contributed by atoms with E-state index in [0.717, 1.165) is 16.7 Å². The Bertz CT molecular complexity index is 957. The number of hydrogen-bond donors (Lipinski definition) is 1. The van der Waals surface area contributed by atoms with Gasteiger partial charge in [-0.05, 0) is 24.1 Å². The summed E-state index contributed by atoms with van der Waals surface area (Å²) in [6, 6.07) is 11.4. The van der Waals surface area contributed by atoms with Crippen LogP contribution in [0.2, 0.25) is 5.02 Å². The molecule has 5 nitrogen and oxygen atoms in total. The van der Waals surface area contributed by atoms with Crippen LogP contribution in [0.5, 0.6) is 5.88 Å². The van der Waals surface area contributed by atoms with Crippen LogP contribution in [0.1, 0.15) is 16.1 Å². The monoisotopic (exact) mass is 353 g/mol. The predicted octanol–water partition coefficient (Wildman–Crippen LogP) is 4.18. The van der Waals surface area contributed by atoms with Gasteiger partial charge in [-0.3, -0.25) is 4.79 Å². The van der Waals surface area contributed by atoms with Crippen LogP contribution in [-0.2, 0) is 0 Å². The number of nitrogens with zero attached hydrogens (tertiary/aromatic N) is 2. The van der Waals surface area contributed by atoms with Crippen molar-refractivity contribution in [1.29, 1.82) is 0 Å². The highest BCUT2D eigenvalue weighted by Crippen LogP contribution is 2.38. The van der Waals surface area contributed by atoms with Gasteiger partial charge in [-0.1, -0.05) is 41.9 Å². The second kappa shape index (κ2) is 6.91. The quantitative estimate of drug-likeness (QED) is 0.562. The molecule has 0 aliphatic rings. The van der Waals surface area contributed by atoms with Crippen LogP contribution in [-0.4, -0.2) is 23.4 Å². The number of methoxy groups -OCH3 is 1. The van der Waals surface area contributed by atoms with E-state index >= 15 is 0 Å². The summed E-state index contributed by atoms with van der Waals surface area (Å²) in [5.74, 6) is 0.161. The Morgan fingerprint density at radius 1 is 1.12 bits per heavy atom. The number of aromatic nitrogens is 2. The zero-order valence-corrected chi connectivity index (χ0v) is 14.5. The molecule has 0 fully saturated rings. The molecule has 0 radical (unpaired) electrons. The number of anilines is 1. The first-order valence-corrected chi connectivity index (χ1v) is 7.95. The summed E-state index contributed by atoms with van der Waals surface area (Å²) in [5.41, 5.74) is 10.8. The van der Waals surface area contributed by atoms with Crippen LogP contribution in [0.3, 0.4) is 0 Å². The number of nitrogen functional groups attached to an aromatic ring is 1. The lowest BCUT2D eigenvalue weighted by molar-refractivity contribution is 0.111. The lowest BCUT2D eigenvalue weighted by Crippen LogP contribution is -1.99. The number of hydrogen-bond acceptors (Lipinski definition) is 5. The van der Waals surface area contributed by atoms with Gasteiger partial charge < -0.3 is 10.5 Å². The third kappa shape index (κ3) is 3.06. The van der Waals surface area contributed by atoms with Gasteiger partial charge in [0.25, 0.3) is 0 Å². The van der Waals surface area contributed by atoms with E-state index in [1.807, 2.05) is 43.3 Å². The lowest BCUT2D eigenvalue weighted by atomic mass is 9.97. The summed E-state index contributed by atoms with van der Waals surface area (Å²) in [5, 5.41) is 0.534. The highest BCUT2D eigenvalue weighted by molar-refractivity contribution is 6.36. The van der Waals surface area contributed by atoms with Crippen LogP contribution < -0.4 is 10.5 Å². The average Bonchev–Trinajstić information content (AvgIpc) is 2.64. The minimum absolute atomic E-state index is 0.144. The van der Waals surface area contributed by atoms with E-state index < -0.39 is 0 Å². The Balaban J connectivity index is 2.17. The van der Waals surface area contributed by atoms with Crippen molar-refractivity contribution in [3.63, 3.8) is 0 Å². The standard InChI is InChI=1S/C19H16ClN3O2/c1-11-12(5-4-8-15(11)21)13-6-3-7-14(18(13)20)16-9-22-17(10-24)19(23-16)25-2/h3-10H,21H2,1-2H3. The third-order valence-electron chi connectivity index (χ3n) is 4.01. The molecular weight excluding hydrogens is 338 g/mol. The second-order valence-corrected chi connectivity index (χ2v) is 5.83. The SMILES string of the molecule is COc1nc(-c2cccc(-c3cccc(N)c3C)c2Cl)cnc1C=O. The maximum absolute atomic E-state index is 11.0. The predicted molar refractivity (Wildman–Crippen MR) is 99.0 cm³/mol. The van der Waals surface area contributed by atoms with Crippen molar-refractivity contribution in [3.05, 3.63) is 58.9 Å². The molecule has 0 amide bonds. The van der Waals surface area contributed by atoms with Crippen molar-refractivity contribution >= 4 is 23.6 Å². The molecule has 0 unspecified atom stereocenters. The number of nitrogens with two attached hydrogens (primary N) is 1. The summed E-state index contributed by atoms with van der Waals surface area (Å²) < 4.78 is 5.12. The molecule has 2 N–H and O–H groups in total. The van der Waals surface area contributed by atoms with Gasteiger partial charge >= 0.3 is 0 Å². The molecule has 0 bridgehead atoms. The van der Waals surface area contributed by atoms with Gasteiger partial charge in [-0.2, -0.15) is 0 Å². The van der Waals surface area contributed by atoms with Crippen molar-refractivity contribution in [2.24, 2.45) is 0 Å². The summed E-state index contributed by atoms with van der Waals surface area (Å²) in [4.78, 5) is 19.4. The van der Waals surface area contributed by atoms with E-state index in [0.29, 0.717) is 28.3 Å². The van der Waals surface area contributed by atoms with Crippen molar-refractivity contribution in [1.82, 2.24) is 9.97 Å². The number of ether oxygens (including phenoxy) is 1. The molecule has 25 heavy (non-hydrogen) atoms. The summed E-state index contributed by atoms with van der Waals surface area (Å²) in [6.45, 7) is 1.95. The van der Waals surface area contributed by atoms with Crippen LogP contribution in [0.4, 0.5) is 5.69 Å². The van der Waals surface area contributed by atoms with Gasteiger partial charge in [-0.25, -0.2) is 9.97 Å². The van der Waals surface area contributed by atoms with Gasteiger partial charge in [-0.15, -0.1) is 0 Å². The molecule has 0 saturated carbocycles. The van der Waals surface area contributed by atoms with Crippen LogP contribution in [0.25, 0.3) is 22.4 Å². The largest absolute Gasteiger partial charge is 0.479 e. The maximum Gasteiger partial charge on any atom is 0.243 e. The molecule has 0 atom stereocenters. The molecule has 3 rings (SSSR count). The first-order valence-electron chi connectivity index (χ1n) is 7.57. The Morgan fingerprint density at radius 2 is 1.80 bits per heavy atom. The van der Waals surface area contributed by atoms with Crippen molar-refractivity contribution < 1.29 is 9.53 Å². The smallest absolute Gasteiger partial charge is 0.243 e. The fraction of sp³-hybridized carbons (Fsp3) is 0.105. The molecule has 1 heterocycles. The molecule has 2 aromatic carbocycles. The lowest BCUT2D eigenvalue weighted by Gasteiger charge is -2.13. The van der Waals surface area contributed by atoms with E-state index in [-0.39, 0.29) is 11.6 Å². The molecule has 0 aliphatic heterocycles. The third-order valence-corrected chi connectivity index (χ3v) is 4.42. The van der Waals surface area contributed by atoms with Crippen molar-refractivity contribution in [3.8, 4) is 28.3 Å². The Labute approximate surface area is 150 Å². The summed E-state index contributed by atoms with van der Waals surface area (Å²) >= 11 is 6.65. The Kier molecular flexibility index (Phi) is 4.67. The van der Waals surface area contributed by atoms with Gasteiger partial charge in [0, 0.05) is 16.8 Å². The molecule has 6 heteroatoms. The van der Waals surface area contributed by atoms with Crippen LogP contribution >= 0.6 is 11.6 Å². The van der Waals surface area contributed by atoms with Crippen molar-refractivity contribution in [2.45, 2.75) is 6.92 Å². The minimum atomic E-state index is 0.144. The van der Waals surface area contributed by atoms with Gasteiger partial charge in [0.15, 0.2) is 12.0 Å². The summed E-state index contributed by atoms with van der Waals surface area (Å²) in [6.07, 6.45) is 2.10. The van der Waals surface area contributed by atoms with E-state index in [4.69, 9.17) is 22.1 Å². The van der Waals surface area contributed by atoms with Gasteiger partial charge in [0.05, 0.1) is 24.0 Å². The van der Waals surface area contributed by atoms with Crippen molar-refractivity contribution in [2.75, 3.05) is 12.8 Å². The molecule has 0 saturated heterocycles. The molecule has 3 aromatic rings. The zero-order valence-electron chi connectivity index (χ0n) is 13.8. The van der Waals surface area contributed by atoms with E-state index in [1.165, 1.54) is 13.3 Å². The molecule has 0 aliphatic carbocycles. The zero-order chi connectivity index (χ0) is 18.0. The maximum atomic E-state index is 11.0. The van der Waals surface area contributed by atoms with Gasteiger partial charge in [0.2, 0.25) is 5.88 Å². The first-order chi connectivity index (χ1) is 12.1. The van der Waals surface area contributed by atoms with Crippen LogP contribution in [0, 0.1) is 6.92 Å². The van der Waals surface area contributed by atoms with Gasteiger partial charge in [0.1, 0.15) is 0 Å². The fourth-order valence-electron chi connectivity index (χ4n) is 2.63. The number of halogens is 1. The van der Waals surface area contributed by atoms with Crippen LogP contribution in [0.15, 0.2) is 42.6 Å². The minimum Gasteiger partial charge on any atom is -0.479 e. The number of carbonyl (C=O) groups excluding carboxylic acids is 1. The number of aldehydes is 1. The average molecular weight is 354 g/mol. The second-order valence-electron chi connectivity index (χ2n) is 5.45.